The molecule has 2 aliphatic heterocycles. The lowest BCUT2D eigenvalue weighted by atomic mass is 9.83. The number of hydrogen-bond donors (Lipinski definition) is 2. The van der Waals surface area contributed by atoms with Crippen molar-refractivity contribution >= 4 is 16.8 Å². The second-order valence-electron chi connectivity index (χ2n) is 8.67. The van der Waals surface area contributed by atoms with E-state index in [0.717, 1.165) is 44.5 Å². The fraction of sp³-hybridized carbons (Fsp3) is 0.417. The first-order valence-electron chi connectivity index (χ1n) is 10.9. The number of aryl methyl sites for hydroxylation is 1. The molecule has 2 aliphatic rings. The molecule has 3 aromatic rings. The normalized spacial score (nSPS) is 20.8. The Morgan fingerprint density at radius 3 is 2.93 bits per heavy atom. The van der Waals surface area contributed by atoms with Gasteiger partial charge in [0.15, 0.2) is 0 Å². The highest BCUT2D eigenvalue weighted by molar-refractivity contribution is 5.84. The van der Waals surface area contributed by atoms with E-state index in [1.807, 2.05) is 29.0 Å². The molecule has 6 heteroatoms. The topological polar surface area (TPSA) is 70.1 Å². The largest absolute Gasteiger partial charge is 0.361 e. The van der Waals surface area contributed by atoms with E-state index in [-0.39, 0.29) is 11.5 Å². The smallest absolute Gasteiger partial charge is 0.250 e. The summed E-state index contributed by atoms with van der Waals surface area (Å²) in [4.78, 5) is 30.2. The number of fused-ring (bicyclic) bond motifs is 5. The van der Waals surface area contributed by atoms with Gasteiger partial charge in [0, 0.05) is 73.9 Å². The summed E-state index contributed by atoms with van der Waals surface area (Å²) in [5, 5.41) is 4.29. The van der Waals surface area contributed by atoms with Crippen LogP contribution in [0.5, 0.6) is 0 Å². The van der Waals surface area contributed by atoms with Crippen molar-refractivity contribution in [3.8, 4) is 0 Å². The molecule has 5 rings (SSSR count). The fourth-order valence-electron chi connectivity index (χ4n) is 5.21. The molecule has 1 aromatic carbocycles. The number of carbonyl (C=O) groups excluding carboxylic acids is 1. The van der Waals surface area contributed by atoms with Crippen LogP contribution >= 0.6 is 0 Å². The maximum atomic E-state index is 12.3. The lowest BCUT2D eigenvalue weighted by Crippen LogP contribution is -2.48. The summed E-state index contributed by atoms with van der Waals surface area (Å²) in [5.41, 5.74) is 3.61. The number of nitrogens with zero attached hydrogens (tertiary/aromatic N) is 2. The monoisotopic (exact) mass is 404 g/mol. The molecule has 1 amide bonds. The highest BCUT2D eigenvalue weighted by Crippen LogP contribution is 2.34. The highest BCUT2D eigenvalue weighted by Gasteiger charge is 2.34. The maximum Gasteiger partial charge on any atom is 0.250 e. The molecule has 0 radical (unpaired) electrons. The number of likely N-dealkylation sites (tertiary alicyclic amines) is 1. The van der Waals surface area contributed by atoms with Crippen LogP contribution in [0.2, 0.25) is 0 Å². The Hall–Kier alpha value is -2.86. The predicted octanol–water partition coefficient (Wildman–Crippen LogP) is 2.50. The molecule has 6 nitrogen and oxygen atoms in total. The van der Waals surface area contributed by atoms with Gasteiger partial charge in [-0.1, -0.05) is 24.3 Å². The van der Waals surface area contributed by atoms with E-state index in [9.17, 15) is 9.59 Å². The van der Waals surface area contributed by atoms with Crippen LogP contribution in [0.4, 0.5) is 0 Å². The first-order valence-corrected chi connectivity index (χ1v) is 10.9. The number of nitrogens with one attached hydrogen (secondary N) is 2. The highest BCUT2D eigenvalue weighted by atomic mass is 16.1. The summed E-state index contributed by atoms with van der Waals surface area (Å²) < 4.78 is 1.96. The van der Waals surface area contributed by atoms with E-state index < -0.39 is 0 Å². The van der Waals surface area contributed by atoms with Crippen LogP contribution in [0.25, 0.3) is 10.9 Å². The standard InChI is InChI=1S/C24H28N4O2/c29-23(9-8-18-13-26-21-5-2-1-4-20(18)21)25-10-11-27-14-17-12-19(16-27)22-6-3-7-24(30)28(22)15-17/h1-7,13,17,19,26H,8-12,14-16H2,(H,25,29). The quantitative estimate of drug-likeness (QED) is 0.663. The maximum absolute atomic E-state index is 12.3. The van der Waals surface area contributed by atoms with Crippen LogP contribution in [0, 0.1) is 5.92 Å². The van der Waals surface area contributed by atoms with Crippen molar-refractivity contribution < 1.29 is 4.79 Å². The van der Waals surface area contributed by atoms with Crippen LogP contribution in [0.3, 0.4) is 0 Å². The Labute approximate surface area is 175 Å². The Balaban J connectivity index is 1.11. The van der Waals surface area contributed by atoms with Gasteiger partial charge in [-0.05, 0) is 36.5 Å². The molecule has 2 unspecified atom stereocenters. The van der Waals surface area contributed by atoms with Gasteiger partial charge in [0.1, 0.15) is 0 Å². The van der Waals surface area contributed by atoms with Crippen molar-refractivity contribution in [1.29, 1.82) is 0 Å². The number of rotatable bonds is 6. The van der Waals surface area contributed by atoms with E-state index in [0.29, 0.717) is 24.8 Å². The molecular weight excluding hydrogens is 376 g/mol. The minimum Gasteiger partial charge on any atom is -0.361 e. The van der Waals surface area contributed by atoms with Crippen molar-refractivity contribution in [2.45, 2.75) is 31.7 Å². The average Bonchev–Trinajstić information content (AvgIpc) is 3.16. The molecule has 2 atom stereocenters. The number of carbonyl (C=O) groups is 1. The lowest BCUT2D eigenvalue weighted by molar-refractivity contribution is -0.121. The molecular formula is C24H28N4O2. The first kappa shape index (κ1) is 19.1. The molecule has 2 bridgehead atoms. The minimum absolute atomic E-state index is 0.106. The lowest BCUT2D eigenvalue weighted by Gasteiger charge is -2.42. The Bertz CT molecular complexity index is 1120. The first-order chi connectivity index (χ1) is 14.7. The number of amides is 1. The Morgan fingerprint density at radius 2 is 2.00 bits per heavy atom. The van der Waals surface area contributed by atoms with Crippen molar-refractivity contribution in [2.75, 3.05) is 26.2 Å². The molecule has 0 saturated carbocycles. The third-order valence-electron chi connectivity index (χ3n) is 6.60. The molecule has 0 aliphatic carbocycles. The van der Waals surface area contributed by atoms with Crippen LogP contribution in [0.1, 0.15) is 30.0 Å². The average molecular weight is 405 g/mol. The van der Waals surface area contributed by atoms with E-state index in [2.05, 4.69) is 33.4 Å². The zero-order valence-corrected chi connectivity index (χ0v) is 17.1. The van der Waals surface area contributed by atoms with Crippen LogP contribution in [-0.4, -0.2) is 46.5 Å². The van der Waals surface area contributed by atoms with Crippen LogP contribution < -0.4 is 10.9 Å². The molecule has 30 heavy (non-hydrogen) atoms. The van der Waals surface area contributed by atoms with E-state index >= 15 is 0 Å². The fourth-order valence-corrected chi connectivity index (χ4v) is 5.21. The van der Waals surface area contributed by atoms with Crippen molar-refractivity contribution in [1.82, 2.24) is 19.8 Å². The number of aromatic nitrogens is 2. The summed E-state index contributed by atoms with van der Waals surface area (Å²) in [5.74, 6) is 1.05. The zero-order chi connectivity index (χ0) is 20.5. The number of hydrogen-bond acceptors (Lipinski definition) is 3. The number of H-pyrrole nitrogens is 1. The van der Waals surface area contributed by atoms with Crippen molar-refractivity contribution in [3.63, 3.8) is 0 Å². The second kappa shape index (κ2) is 8.11. The number of para-hydroxylation sites is 1. The summed E-state index contributed by atoms with van der Waals surface area (Å²) in [6.45, 7) is 4.32. The third kappa shape index (κ3) is 3.79. The molecule has 1 fully saturated rings. The van der Waals surface area contributed by atoms with Gasteiger partial charge < -0.3 is 19.8 Å². The molecule has 156 valence electrons. The molecule has 0 spiro atoms. The van der Waals surface area contributed by atoms with E-state index in [4.69, 9.17) is 0 Å². The zero-order valence-electron chi connectivity index (χ0n) is 17.1. The molecule has 4 heterocycles. The summed E-state index contributed by atoms with van der Waals surface area (Å²) in [6.07, 6.45) is 4.42. The van der Waals surface area contributed by atoms with Gasteiger partial charge in [-0.3, -0.25) is 9.59 Å². The number of benzene rings is 1. The van der Waals surface area contributed by atoms with Crippen molar-refractivity contribution in [3.05, 3.63) is 70.3 Å². The van der Waals surface area contributed by atoms with Gasteiger partial charge >= 0.3 is 0 Å². The van der Waals surface area contributed by atoms with Gasteiger partial charge in [-0.15, -0.1) is 0 Å². The minimum atomic E-state index is 0.106. The number of piperidine rings is 1. The molecule has 2 aromatic heterocycles. The van der Waals surface area contributed by atoms with Crippen molar-refractivity contribution in [2.24, 2.45) is 5.92 Å². The SMILES string of the molecule is O=C(CCc1c[nH]c2ccccc12)NCCN1CC2CC(C1)c1cccc(=O)n1C2. The van der Waals surface area contributed by atoms with Gasteiger partial charge in [-0.2, -0.15) is 0 Å². The van der Waals surface area contributed by atoms with E-state index in [1.165, 1.54) is 16.6 Å². The second-order valence-corrected chi connectivity index (χ2v) is 8.67. The molecule has 2 N–H and O–H groups in total. The third-order valence-corrected chi connectivity index (χ3v) is 6.60. The predicted molar refractivity (Wildman–Crippen MR) is 118 cm³/mol. The summed E-state index contributed by atoms with van der Waals surface area (Å²) in [7, 11) is 0. The van der Waals surface area contributed by atoms with Gasteiger partial charge in [-0.25, -0.2) is 0 Å². The Kier molecular flexibility index (Phi) is 5.17. The number of aromatic amines is 1. The van der Waals surface area contributed by atoms with Gasteiger partial charge in [0.25, 0.3) is 5.56 Å². The molecule has 1 saturated heterocycles. The van der Waals surface area contributed by atoms with Crippen LogP contribution in [0.15, 0.2) is 53.5 Å². The van der Waals surface area contributed by atoms with Gasteiger partial charge in [0.05, 0.1) is 0 Å². The Morgan fingerprint density at radius 1 is 1.10 bits per heavy atom. The van der Waals surface area contributed by atoms with E-state index in [1.54, 1.807) is 6.07 Å². The van der Waals surface area contributed by atoms with Gasteiger partial charge in [0.2, 0.25) is 5.91 Å². The summed E-state index contributed by atoms with van der Waals surface area (Å²) in [6, 6.07) is 13.8. The summed E-state index contributed by atoms with van der Waals surface area (Å²) >= 11 is 0. The number of pyridine rings is 1. The van der Waals surface area contributed by atoms with Crippen LogP contribution in [-0.2, 0) is 17.8 Å².